The number of rotatable bonds is 10. The molecule has 4 nitrogen and oxygen atoms in total. The van der Waals surface area contributed by atoms with Crippen LogP contribution in [0.4, 0.5) is 17.6 Å². The normalized spacial score (nSPS) is 19.1. The number of halogens is 4. The van der Waals surface area contributed by atoms with E-state index in [1.807, 2.05) is 30.3 Å². The number of alkyl halides is 3. The van der Waals surface area contributed by atoms with Crippen molar-refractivity contribution in [3.05, 3.63) is 83.2 Å². The summed E-state index contributed by atoms with van der Waals surface area (Å²) in [7, 11) is 0. The summed E-state index contributed by atoms with van der Waals surface area (Å²) in [5.74, 6) is -0.849. The maximum Gasteiger partial charge on any atom is 0.573 e. The maximum absolute atomic E-state index is 15.1. The molecule has 0 amide bonds. The van der Waals surface area contributed by atoms with Gasteiger partial charge in [0.1, 0.15) is 23.9 Å². The molecule has 0 heterocycles. The number of ether oxygens (including phenoxy) is 2. The molecule has 2 aliphatic rings. The number of hydrogen-bond acceptors (Lipinski definition) is 3. The second-order valence-electron chi connectivity index (χ2n) is 11.9. The number of carboxylic acid groups (broad SMARTS) is 1. The Morgan fingerprint density at radius 3 is 2.44 bits per heavy atom. The summed E-state index contributed by atoms with van der Waals surface area (Å²) in [6.07, 6.45) is 0.144. The van der Waals surface area contributed by atoms with E-state index in [0.29, 0.717) is 17.2 Å². The molecule has 2 saturated carbocycles. The average molecular weight is 571 g/mol. The van der Waals surface area contributed by atoms with Crippen molar-refractivity contribution in [2.45, 2.75) is 77.2 Å². The van der Waals surface area contributed by atoms with E-state index < -0.39 is 23.9 Å². The number of hydrogen-bond donors (Lipinski definition) is 1. The van der Waals surface area contributed by atoms with Crippen LogP contribution in [0.25, 0.3) is 11.1 Å². The first-order chi connectivity index (χ1) is 19.4. The minimum absolute atomic E-state index is 0.0430. The molecule has 3 aromatic carbocycles. The zero-order chi connectivity index (χ0) is 29.4. The summed E-state index contributed by atoms with van der Waals surface area (Å²) < 4.78 is 64.0. The van der Waals surface area contributed by atoms with Gasteiger partial charge in [0, 0.05) is 5.56 Å². The van der Waals surface area contributed by atoms with Crippen LogP contribution >= 0.6 is 0 Å². The number of carboxylic acids is 1. The van der Waals surface area contributed by atoms with Crippen LogP contribution in [-0.4, -0.2) is 17.4 Å². The van der Waals surface area contributed by atoms with Gasteiger partial charge in [0.25, 0.3) is 0 Å². The van der Waals surface area contributed by atoms with Crippen molar-refractivity contribution in [3.8, 4) is 22.6 Å². The van der Waals surface area contributed by atoms with Gasteiger partial charge < -0.3 is 14.6 Å². The Kier molecular flexibility index (Phi) is 8.04. The van der Waals surface area contributed by atoms with Crippen LogP contribution in [0, 0.1) is 17.2 Å². The highest BCUT2D eigenvalue weighted by Crippen LogP contribution is 2.51. The van der Waals surface area contributed by atoms with E-state index in [2.05, 4.69) is 18.6 Å². The predicted octanol–water partition coefficient (Wildman–Crippen LogP) is 9.23. The van der Waals surface area contributed by atoms with Crippen molar-refractivity contribution >= 4 is 5.97 Å². The molecule has 5 rings (SSSR count). The standard InChI is InChI=1S/C33H34F4O4/c1-32(2)14-4-7-29(32)27-15-20(8-12-25(27)28-17-24(11-13-30(28)34)41-33(35,36)37)19-40-23-6-3-5-22(16-23)26(18-31(38)39)21-9-10-21/h3,5-6,8,11-13,15-17,21,26,29H,4,7,9-10,14,18-19H2,1-2H3,(H,38,39)/t26-,29+/m1/s1. The van der Waals surface area contributed by atoms with Gasteiger partial charge in [-0.15, -0.1) is 13.2 Å². The van der Waals surface area contributed by atoms with Crippen LogP contribution in [0.5, 0.6) is 11.5 Å². The summed E-state index contributed by atoms with van der Waals surface area (Å²) in [5, 5.41) is 9.37. The molecule has 0 radical (unpaired) electrons. The molecule has 2 aliphatic carbocycles. The minimum Gasteiger partial charge on any atom is -0.489 e. The van der Waals surface area contributed by atoms with Crippen LogP contribution in [0.2, 0.25) is 0 Å². The van der Waals surface area contributed by atoms with E-state index >= 15 is 4.39 Å². The zero-order valence-electron chi connectivity index (χ0n) is 23.1. The number of carbonyl (C=O) groups is 1. The highest BCUT2D eigenvalue weighted by Gasteiger charge is 2.38. The Hall–Kier alpha value is -3.55. The number of aliphatic carboxylic acids is 1. The van der Waals surface area contributed by atoms with Gasteiger partial charge in [0.15, 0.2) is 0 Å². The van der Waals surface area contributed by atoms with Crippen molar-refractivity contribution in [1.29, 1.82) is 0 Å². The Morgan fingerprint density at radius 1 is 1.00 bits per heavy atom. The van der Waals surface area contributed by atoms with E-state index in [4.69, 9.17) is 4.74 Å². The summed E-state index contributed by atoms with van der Waals surface area (Å²) in [6.45, 7) is 4.56. The Labute approximate surface area is 237 Å². The fourth-order valence-corrected chi connectivity index (χ4v) is 6.29. The first kappa shape index (κ1) is 29.0. The lowest BCUT2D eigenvalue weighted by Gasteiger charge is -2.30. The third-order valence-corrected chi connectivity index (χ3v) is 8.49. The molecule has 1 N–H and O–H groups in total. The number of benzene rings is 3. The zero-order valence-corrected chi connectivity index (χ0v) is 23.1. The first-order valence-electron chi connectivity index (χ1n) is 14.0. The van der Waals surface area contributed by atoms with E-state index in [-0.39, 0.29) is 35.8 Å². The average Bonchev–Trinajstić information content (AvgIpc) is 3.68. The van der Waals surface area contributed by atoms with Gasteiger partial charge in [-0.1, -0.05) is 50.6 Å². The smallest absolute Gasteiger partial charge is 0.489 e. The van der Waals surface area contributed by atoms with Crippen LogP contribution < -0.4 is 9.47 Å². The fourth-order valence-electron chi connectivity index (χ4n) is 6.29. The molecule has 2 atom stereocenters. The van der Waals surface area contributed by atoms with Crippen LogP contribution in [0.3, 0.4) is 0 Å². The quantitative estimate of drug-likeness (QED) is 0.247. The summed E-state index contributed by atoms with van der Waals surface area (Å²) in [5.41, 5.74) is 3.22. The first-order valence-corrected chi connectivity index (χ1v) is 14.0. The molecular formula is C33H34F4O4. The molecule has 0 bridgehead atoms. The van der Waals surface area contributed by atoms with E-state index in [1.165, 1.54) is 0 Å². The summed E-state index contributed by atoms with van der Waals surface area (Å²) >= 11 is 0. The van der Waals surface area contributed by atoms with Gasteiger partial charge in [0.2, 0.25) is 0 Å². The predicted molar refractivity (Wildman–Crippen MR) is 147 cm³/mol. The van der Waals surface area contributed by atoms with E-state index in [0.717, 1.165) is 67.0 Å². The topological polar surface area (TPSA) is 55.8 Å². The molecule has 3 aromatic rings. The molecule has 0 aromatic heterocycles. The highest BCUT2D eigenvalue weighted by molar-refractivity contribution is 5.71. The molecule has 0 saturated heterocycles. The lowest BCUT2D eigenvalue weighted by Crippen LogP contribution is -2.18. The van der Waals surface area contributed by atoms with Gasteiger partial charge in [-0.3, -0.25) is 4.79 Å². The van der Waals surface area contributed by atoms with Crippen LogP contribution in [0.1, 0.15) is 80.9 Å². The minimum atomic E-state index is -4.88. The lowest BCUT2D eigenvalue weighted by atomic mass is 9.75. The van der Waals surface area contributed by atoms with E-state index in [9.17, 15) is 23.1 Å². The fraction of sp³-hybridized carbons (Fsp3) is 0.424. The molecule has 0 unspecified atom stereocenters. The lowest BCUT2D eigenvalue weighted by molar-refractivity contribution is -0.274. The molecule has 8 heteroatoms. The highest BCUT2D eigenvalue weighted by atomic mass is 19.4. The van der Waals surface area contributed by atoms with Gasteiger partial charge >= 0.3 is 12.3 Å². The summed E-state index contributed by atoms with van der Waals surface area (Å²) in [4.78, 5) is 11.4. The maximum atomic E-state index is 15.1. The molecule has 0 aliphatic heterocycles. The summed E-state index contributed by atoms with van der Waals surface area (Å²) in [6, 6.07) is 16.2. The van der Waals surface area contributed by atoms with Crippen LogP contribution in [-0.2, 0) is 11.4 Å². The molecule has 41 heavy (non-hydrogen) atoms. The van der Waals surface area contributed by atoms with Crippen molar-refractivity contribution in [3.63, 3.8) is 0 Å². The van der Waals surface area contributed by atoms with Gasteiger partial charge in [-0.05, 0) is 101 Å². The monoisotopic (exact) mass is 570 g/mol. The van der Waals surface area contributed by atoms with Crippen molar-refractivity contribution in [1.82, 2.24) is 0 Å². The SMILES string of the molecule is CC1(C)CCC[C@H]1c1cc(COc2cccc([C@H](CC(=O)O)C3CC3)c2)ccc1-c1cc(OC(F)(F)F)ccc1F. The largest absolute Gasteiger partial charge is 0.573 e. The Balaban J connectivity index is 1.44. The second kappa shape index (κ2) is 11.4. The Bertz CT molecular complexity index is 1410. The third kappa shape index (κ3) is 7.03. The van der Waals surface area contributed by atoms with Crippen molar-refractivity contribution < 1.29 is 36.9 Å². The van der Waals surface area contributed by atoms with Crippen molar-refractivity contribution in [2.75, 3.05) is 0 Å². The molecule has 2 fully saturated rings. The van der Waals surface area contributed by atoms with Gasteiger partial charge in [-0.2, -0.15) is 0 Å². The Morgan fingerprint density at radius 2 is 1.78 bits per heavy atom. The van der Waals surface area contributed by atoms with Gasteiger partial charge in [0.05, 0.1) is 6.42 Å². The molecular weight excluding hydrogens is 536 g/mol. The van der Waals surface area contributed by atoms with Crippen molar-refractivity contribution in [2.24, 2.45) is 11.3 Å². The van der Waals surface area contributed by atoms with Crippen LogP contribution in [0.15, 0.2) is 60.7 Å². The van der Waals surface area contributed by atoms with Gasteiger partial charge in [-0.25, -0.2) is 4.39 Å². The van der Waals surface area contributed by atoms with E-state index in [1.54, 1.807) is 12.1 Å². The molecule has 0 spiro atoms. The second-order valence-corrected chi connectivity index (χ2v) is 11.9. The third-order valence-electron chi connectivity index (χ3n) is 8.49. The molecule has 218 valence electrons.